The smallest absolute Gasteiger partial charge is 0.163 e. The van der Waals surface area contributed by atoms with Crippen molar-refractivity contribution in [1.82, 2.24) is 0 Å². The van der Waals surface area contributed by atoms with Crippen LogP contribution in [0.2, 0.25) is 0 Å². The van der Waals surface area contributed by atoms with Gasteiger partial charge in [-0.15, -0.1) is 0 Å². The first kappa shape index (κ1) is 12.6. The molecule has 0 saturated heterocycles. The van der Waals surface area contributed by atoms with Crippen LogP contribution in [0.3, 0.4) is 0 Å². The molecule has 4 heteroatoms. The number of phenols is 1. The lowest BCUT2D eigenvalue weighted by Crippen LogP contribution is -1.93. The zero-order chi connectivity index (χ0) is 13.1. The van der Waals surface area contributed by atoms with Crippen molar-refractivity contribution in [3.63, 3.8) is 0 Å². The normalized spacial score (nSPS) is 10.3. The van der Waals surface area contributed by atoms with E-state index < -0.39 is 0 Å². The molecule has 0 heterocycles. The Morgan fingerprint density at radius 3 is 2.44 bits per heavy atom. The van der Waals surface area contributed by atoms with Gasteiger partial charge in [0.05, 0.1) is 10.5 Å². The SMILES string of the molecule is CC(=O)c1cccc(Sc2ccccc2F)c1O. The Kier molecular flexibility index (Phi) is 3.67. The number of carbonyl (C=O) groups excluding carboxylic acids is 1. The van der Waals surface area contributed by atoms with E-state index >= 15 is 0 Å². The highest BCUT2D eigenvalue weighted by molar-refractivity contribution is 7.99. The van der Waals surface area contributed by atoms with Crippen molar-refractivity contribution in [3.8, 4) is 5.75 Å². The van der Waals surface area contributed by atoms with Crippen molar-refractivity contribution >= 4 is 17.5 Å². The van der Waals surface area contributed by atoms with Gasteiger partial charge in [0.1, 0.15) is 11.6 Å². The summed E-state index contributed by atoms with van der Waals surface area (Å²) in [6, 6.07) is 11.2. The molecule has 0 bridgehead atoms. The molecule has 0 aromatic heterocycles. The van der Waals surface area contributed by atoms with Crippen LogP contribution in [0.4, 0.5) is 4.39 Å². The zero-order valence-electron chi connectivity index (χ0n) is 9.68. The molecule has 0 saturated carbocycles. The summed E-state index contributed by atoms with van der Waals surface area (Å²) in [5.74, 6) is -0.670. The third-order valence-electron chi connectivity index (χ3n) is 2.43. The molecule has 2 rings (SSSR count). The Labute approximate surface area is 108 Å². The summed E-state index contributed by atoms with van der Waals surface area (Å²) in [4.78, 5) is 12.2. The van der Waals surface area contributed by atoms with Gasteiger partial charge in [-0.25, -0.2) is 4.39 Å². The number of hydrogen-bond donors (Lipinski definition) is 1. The topological polar surface area (TPSA) is 37.3 Å². The van der Waals surface area contributed by atoms with Crippen molar-refractivity contribution < 1.29 is 14.3 Å². The van der Waals surface area contributed by atoms with Crippen LogP contribution >= 0.6 is 11.8 Å². The van der Waals surface area contributed by atoms with Crippen molar-refractivity contribution in [2.24, 2.45) is 0 Å². The molecule has 0 amide bonds. The third-order valence-corrected chi connectivity index (χ3v) is 3.54. The summed E-state index contributed by atoms with van der Waals surface area (Å²) in [6.07, 6.45) is 0. The molecule has 0 unspecified atom stereocenters. The van der Waals surface area contributed by atoms with Crippen molar-refractivity contribution in [3.05, 3.63) is 53.8 Å². The minimum atomic E-state index is -0.352. The fourth-order valence-electron chi connectivity index (χ4n) is 1.53. The summed E-state index contributed by atoms with van der Waals surface area (Å²) < 4.78 is 13.5. The minimum Gasteiger partial charge on any atom is -0.506 e. The van der Waals surface area contributed by atoms with Gasteiger partial charge in [-0.1, -0.05) is 30.0 Å². The lowest BCUT2D eigenvalue weighted by Gasteiger charge is -2.07. The molecule has 0 aliphatic carbocycles. The van der Waals surface area contributed by atoms with Crippen LogP contribution in [0.1, 0.15) is 17.3 Å². The van der Waals surface area contributed by atoms with Gasteiger partial charge < -0.3 is 5.11 Å². The predicted molar refractivity (Wildman–Crippen MR) is 68.6 cm³/mol. The second kappa shape index (κ2) is 5.23. The first-order valence-corrected chi connectivity index (χ1v) is 6.16. The third kappa shape index (κ3) is 2.54. The number of aromatic hydroxyl groups is 1. The standard InChI is InChI=1S/C14H11FO2S/c1-9(16)10-5-4-8-13(14(10)17)18-12-7-3-2-6-11(12)15/h2-8,17H,1H3. The van der Waals surface area contributed by atoms with E-state index in [2.05, 4.69) is 0 Å². The van der Waals surface area contributed by atoms with Crippen LogP contribution in [0.15, 0.2) is 52.3 Å². The molecule has 0 aliphatic rings. The number of hydrogen-bond acceptors (Lipinski definition) is 3. The molecule has 2 nitrogen and oxygen atoms in total. The highest BCUT2D eigenvalue weighted by Gasteiger charge is 2.12. The van der Waals surface area contributed by atoms with Crippen molar-refractivity contribution in [2.75, 3.05) is 0 Å². The largest absolute Gasteiger partial charge is 0.506 e. The molecule has 2 aromatic rings. The van der Waals surface area contributed by atoms with Crippen LogP contribution in [-0.2, 0) is 0 Å². The van der Waals surface area contributed by atoms with Crippen LogP contribution in [-0.4, -0.2) is 10.9 Å². The second-order valence-electron chi connectivity index (χ2n) is 3.74. The lowest BCUT2D eigenvalue weighted by molar-refractivity contribution is 0.101. The molecule has 0 aliphatic heterocycles. The molecular formula is C14H11FO2S. The van der Waals surface area contributed by atoms with E-state index in [1.165, 1.54) is 13.0 Å². The van der Waals surface area contributed by atoms with E-state index in [1.54, 1.807) is 36.4 Å². The lowest BCUT2D eigenvalue weighted by atomic mass is 10.1. The van der Waals surface area contributed by atoms with Crippen LogP contribution < -0.4 is 0 Å². The Balaban J connectivity index is 2.39. The van der Waals surface area contributed by atoms with Gasteiger partial charge in [0.15, 0.2) is 5.78 Å². The molecule has 1 N–H and O–H groups in total. The number of phenolic OH excluding ortho intramolecular Hbond substituents is 1. The Morgan fingerprint density at radius 2 is 1.78 bits per heavy atom. The Morgan fingerprint density at radius 1 is 1.11 bits per heavy atom. The predicted octanol–water partition coefficient (Wildman–Crippen LogP) is 3.89. The maximum Gasteiger partial charge on any atom is 0.163 e. The van der Waals surface area contributed by atoms with Gasteiger partial charge in [0, 0.05) is 4.90 Å². The number of rotatable bonds is 3. The maximum atomic E-state index is 13.5. The van der Waals surface area contributed by atoms with Gasteiger partial charge in [-0.2, -0.15) is 0 Å². The van der Waals surface area contributed by atoms with Crippen LogP contribution in [0.25, 0.3) is 0 Å². The van der Waals surface area contributed by atoms with E-state index in [-0.39, 0.29) is 22.9 Å². The number of benzene rings is 2. The molecule has 92 valence electrons. The van der Waals surface area contributed by atoms with Crippen LogP contribution in [0.5, 0.6) is 5.75 Å². The summed E-state index contributed by atoms with van der Waals surface area (Å²) >= 11 is 1.10. The summed E-state index contributed by atoms with van der Waals surface area (Å²) in [6.45, 7) is 1.38. The summed E-state index contributed by atoms with van der Waals surface area (Å²) in [5.41, 5.74) is 0.247. The first-order chi connectivity index (χ1) is 8.59. The molecular weight excluding hydrogens is 251 g/mol. The van der Waals surface area contributed by atoms with E-state index in [9.17, 15) is 14.3 Å². The summed E-state index contributed by atoms with van der Waals surface area (Å²) in [5, 5.41) is 9.95. The minimum absolute atomic E-state index is 0.0988. The van der Waals surface area contributed by atoms with Gasteiger partial charge >= 0.3 is 0 Å². The molecule has 0 spiro atoms. The number of ketones is 1. The number of para-hydroxylation sites is 1. The average molecular weight is 262 g/mol. The van der Waals surface area contributed by atoms with Crippen molar-refractivity contribution in [1.29, 1.82) is 0 Å². The monoisotopic (exact) mass is 262 g/mol. The molecule has 0 atom stereocenters. The molecule has 18 heavy (non-hydrogen) atoms. The Hall–Kier alpha value is -1.81. The average Bonchev–Trinajstić information content (AvgIpc) is 2.34. The van der Waals surface area contributed by atoms with Gasteiger partial charge in [-0.3, -0.25) is 4.79 Å². The van der Waals surface area contributed by atoms with E-state index in [0.29, 0.717) is 9.79 Å². The molecule has 2 aromatic carbocycles. The second-order valence-corrected chi connectivity index (χ2v) is 4.82. The van der Waals surface area contributed by atoms with Gasteiger partial charge in [0.25, 0.3) is 0 Å². The van der Waals surface area contributed by atoms with E-state index in [4.69, 9.17) is 0 Å². The first-order valence-electron chi connectivity index (χ1n) is 5.35. The highest BCUT2D eigenvalue weighted by Crippen LogP contribution is 2.37. The van der Waals surface area contributed by atoms with E-state index in [0.717, 1.165) is 11.8 Å². The number of halogens is 1. The zero-order valence-corrected chi connectivity index (χ0v) is 10.5. The number of carbonyl (C=O) groups is 1. The van der Waals surface area contributed by atoms with Gasteiger partial charge in [-0.05, 0) is 31.2 Å². The van der Waals surface area contributed by atoms with Gasteiger partial charge in [0.2, 0.25) is 0 Å². The molecule has 0 fully saturated rings. The summed E-state index contributed by atoms with van der Waals surface area (Å²) in [7, 11) is 0. The fourth-order valence-corrected chi connectivity index (χ4v) is 2.44. The Bertz CT molecular complexity index is 596. The quantitative estimate of drug-likeness (QED) is 0.853. The molecule has 0 radical (unpaired) electrons. The highest BCUT2D eigenvalue weighted by atomic mass is 32.2. The van der Waals surface area contributed by atoms with Crippen LogP contribution in [0, 0.1) is 5.82 Å². The fraction of sp³-hybridized carbons (Fsp3) is 0.0714. The maximum absolute atomic E-state index is 13.5. The van der Waals surface area contributed by atoms with E-state index in [1.807, 2.05) is 0 Å². The number of Topliss-reactive ketones (excluding diaryl/α,β-unsaturated/α-hetero) is 1. The van der Waals surface area contributed by atoms with Crippen molar-refractivity contribution in [2.45, 2.75) is 16.7 Å².